The van der Waals surface area contributed by atoms with Crippen LogP contribution in [0, 0.1) is 0 Å². The first kappa shape index (κ1) is 20.0. The second-order valence-electron chi connectivity index (χ2n) is 5.91. The molecule has 0 atom stereocenters. The SMILES string of the molecule is COc1cc(CCCCC(=O)/C=C/c2ccc(OC)c(Br)c2)ccc1O. The molecule has 0 aliphatic rings. The standard InChI is InChI=1S/C21H23BrO4/c1-25-20-12-9-16(13-18(20)22)7-10-17(23)6-4-3-5-15-8-11-19(24)21(14-15)26-2/h7-14,24H,3-6H2,1-2H3/b10-7+. The fraction of sp³-hybridized carbons (Fsp3) is 0.286. The quantitative estimate of drug-likeness (QED) is 0.450. The second-order valence-corrected chi connectivity index (χ2v) is 6.76. The molecule has 0 bridgehead atoms. The Bertz CT molecular complexity index is 784. The van der Waals surface area contributed by atoms with E-state index in [1.54, 1.807) is 19.3 Å². The molecule has 2 aromatic rings. The molecule has 0 spiro atoms. The van der Waals surface area contributed by atoms with E-state index in [4.69, 9.17) is 9.47 Å². The van der Waals surface area contributed by atoms with Gasteiger partial charge in [-0.1, -0.05) is 18.2 Å². The third-order valence-electron chi connectivity index (χ3n) is 4.02. The highest BCUT2D eigenvalue weighted by molar-refractivity contribution is 9.10. The topological polar surface area (TPSA) is 55.8 Å². The van der Waals surface area contributed by atoms with Gasteiger partial charge in [0.05, 0.1) is 18.7 Å². The largest absolute Gasteiger partial charge is 0.504 e. The summed E-state index contributed by atoms with van der Waals surface area (Å²) in [6, 6.07) is 11.0. The van der Waals surface area contributed by atoms with Crippen molar-refractivity contribution in [3.8, 4) is 17.2 Å². The van der Waals surface area contributed by atoms with Crippen LogP contribution in [0.4, 0.5) is 0 Å². The van der Waals surface area contributed by atoms with Gasteiger partial charge >= 0.3 is 0 Å². The number of methoxy groups -OCH3 is 2. The number of halogens is 1. The zero-order chi connectivity index (χ0) is 18.9. The molecule has 0 heterocycles. The second kappa shape index (κ2) is 10.0. The molecule has 0 aliphatic carbocycles. The van der Waals surface area contributed by atoms with Crippen LogP contribution in [0.25, 0.3) is 6.08 Å². The number of hydrogen-bond donors (Lipinski definition) is 1. The molecule has 0 unspecified atom stereocenters. The highest BCUT2D eigenvalue weighted by Crippen LogP contribution is 2.27. The third-order valence-corrected chi connectivity index (χ3v) is 4.64. The van der Waals surface area contributed by atoms with Crippen molar-refractivity contribution in [2.24, 2.45) is 0 Å². The number of benzene rings is 2. The molecule has 0 saturated carbocycles. The van der Waals surface area contributed by atoms with Crippen LogP contribution in [-0.4, -0.2) is 25.1 Å². The summed E-state index contributed by atoms with van der Waals surface area (Å²) < 4.78 is 11.2. The molecule has 0 aliphatic heterocycles. The van der Waals surface area contributed by atoms with Crippen LogP contribution in [0.5, 0.6) is 17.2 Å². The number of rotatable bonds is 9. The molecule has 26 heavy (non-hydrogen) atoms. The summed E-state index contributed by atoms with van der Waals surface area (Å²) in [6.45, 7) is 0. The van der Waals surface area contributed by atoms with Crippen LogP contribution in [0.2, 0.25) is 0 Å². The molecule has 0 aromatic heterocycles. The average molecular weight is 419 g/mol. The summed E-state index contributed by atoms with van der Waals surface area (Å²) in [4.78, 5) is 12.0. The van der Waals surface area contributed by atoms with Crippen molar-refractivity contribution in [3.05, 3.63) is 58.1 Å². The summed E-state index contributed by atoms with van der Waals surface area (Å²) in [7, 11) is 3.15. The van der Waals surface area contributed by atoms with Crippen LogP contribution >= 0.6 is 15.9 Å². The van der Waals surface area contributed by atoms with Gasteiger partial charge in [0.15, 0.2) is 17.3 Å². The number of carbonyl (C=O) groups excluding carboxylic acids is 1. The van der Waals surface area contributed by atoms with Gasteiger partial charge in [-0.3, -0.25) is 4.79 Å². The monoisotopic (exact) mass is 418 g/mol. The highest BCUT2D eigenvalue weighted by atomic mass is 79.9. The molecule has 4 nitrogen and oxygen atoms in total. The molecule has 0 saturated heterocycles. The van der Waals surface area contributed by atoms with Gasteiger partial charge in [0, 0.05) is 6.42 Å². The zero-order valence-electron chi connectivity index (χ0n) is 15.0. The summed E-state index contributed by atoms with van der Waals surface area (Å²) in [5.74, 6) is 1.49. The van der Waals surface area contributed by atoms with Crippen LogP contribution in [0.15, 0.2) is 46.9 Å². The van der Waals surface area contributed by atoms with Gasteiger partial charge in [-0.05, 0) is 76.7 Å². The Labute approximate surface area is 162 Å². The molecule has 0 radical (unpaired) electrons. The lowest BCUT2D eigenvalue weighted by Gasteiger charge is -2.06. The molecular weight excluding hydrogens is 396 g/mol. The van der Waals surface area contributed by atoms with Crippen molar-refractivity contribution < 1.29 is 19.4 Å². The Morgan fingerprint density at radius 3 is 2.54 bits per heavy atom. The minimum atomic E-state index is 0.111. The van der Waals surface area contributed by atoms with E-state index in [1.807, 2.05) is 36.4 Å². The van der Waals surface area contributed by atoms with E-state index in [0.29, 0.717) is 12.2 Å². The number of allylic oxidation sites excluding steroid dienone is 1. The van der Waals surface area contributed by atoms with Gasteiger partial charge in [0.25, 0.3) is 0 Å². The zero-order valence-corrected chi connectivity index (χ0v) is 16.6. The predicted octanol–water partition coefficient (Wildman–Crippen LogP) is 5.17. The average Bonchev–Trinajstić information content (AvgIpc) is 2.64. The third kappa shape index (κ3) is 5.92. The molecular formula is C21H23BrO4. The van der Waals surface area contributed by atoms with Crippen LogP contribution in [0.3, 0.4) is 0 Å². The normalized spacial score (nSPS) is 10.9. The molecule has 138 valence electrons. The van der Waals surface area contributed by atoms with Crippen molar-refractivity contribution in [3.63, 3.8) is 0 Å². The van der Waals surface area contributed by atoms with Crippen molar-refractivity contribution in [1.29, 1.82) is 0 Å². The van der Waals surface area contributed by atoms with Gasteiger partial charge < -0.3 is 14.6 Å². The minimum Gasteiger partial charge on any atom is -0.504 e. The Hall–Kier alpha value is -2.27. The summed E-state index contributed by atoms with van der Waals surface area (Å²) in [5, 5.41) is 9.59. The van der Waals surface area contributed by atoms with E-state index >= 15 is 0 Å². The van der Waals surface area contributed by atoms with Crippen molar-refractivity contribution in [2.75, 3.05) is 14.2 Å². The molecule has 2 aromatic carbocycles. The van der Waals surface area contributed by atoms with Crippen molar-refractivity contribution in [2.45, 2.75) is 25.7 Å². The molecule has 1 N–H and O–H groups in total. The number of ketones is 1. The van der Waals surface area contributed by atoms with E-state index in [-0.39, 0.29) is 11.5 Å². The van der Waals surface area contributed by atoms with Gasteiger partial charge in [0.1, 0.15) is 5.75 Å². The maximum absolute atomic E-state index is 12.0. The lowest BCUT2D eigenvalue weighted by molar-refractivity contribution is -0.114. The van der Waals surface area contributed by atoms with E-state index in [0.717, 1.165) is 40.6 Å². The Balaban J connectivity index is 1.77. The summed E-state index contributed by atoms with van der Waals surface area (Å²) in [5.41, 5.74) is 2.04. The first-order valence-corrected chi connectivity index (χ1v) is 9.23. The molecule has 5 heteroatoms. The smallest absolute Gasteiger partial charge is 0.160 e. The molecule has 0 amide bonds. The summed E-state index contributed by atoms with van der Waals surface area (Å²) in [6.07, 6.45) is 6.53. The van der Waals surface area contributed by atoms with E-state index < -0.39 is 0 Å². The number of aromatic hydroxyl groups is 1. The summed E-state index contributed by atoms with van der Waals surface area (Å²) >= 11 is 3.43. The predicted molar refractivity (Wildman–Crippen MR) is 107 cm³/mol. The van der Waals surface area contributed by atoms with Gasteiger partial charge in [-0.15, -0.1) is 0 Å². The Morgan fingerprint density at radius 2 is 1.85 bits per heavy atom. The molecule has 0 fully saturated rings. The number of phenols is 1. The molecule has 2 rings (SSSR count). The van der Waals surface area contributed by atoms with Crippen LogP contribution < -0.4 is 9.47 Å². The first-order chi connectivity index (χ1) is 12.5. The van der Waals surface area contributed by atoms with Gasteiger partial charge in [0.2, 0.25) is 0 Å². The Morgan fingerprint density at radius 1 is 1.08 bits per heavy atom. The maximum atomic E-state index is 12.0. The van der Waals surface area contributed by atoms with Crippen LogP contribution in [-0.2, 0) is 11.2 Å². The van der Waals surface area contributed by atoms with E-state index in [2.05, 4.69) is 15.9 Å². The van der Waals surface area contributed by atoms with Gasteiger partial charge in [-0.25, -0.2) is 0 Å². The number of phenolic OH excluding ortho intramolecular Hbond substituents is 1. The fourth-order valence-corrected chi connectivity index (χ4v) is 3.12. The lowest BCUT2D eigenvalue weighted by atomic mass is 10.0. The minimum absolute atomic E-state index is 0.111. The number of unbranched alkanes of at least 4 members (excludes halogenated alkanes) is 1. The van der Waals surface area contributed by atoms with E-state index in [9.17, 15) is 9.90 Å². The Kier molecular flexibility index (Phi) is 7.73. The fourth-order valence-electron chi connectivity index (χ4n) is 2.56. The first-order valence-electron chi connectivity index (χ1n) is 8.44. The van der Waals surface area contributed by atoms with Crippen LogP contribution in [0.1, 0.15) is 30.4 Å². The lowest BCUT2D eigenvalue weighted by Crippen LogP contribution is -1.94. The number of aryl methyl sites for hydroxylation is 1. The van der Waals surface area contributed by atoms with Crippen molar-refractivity contribution in [1.82, 2.24) is 0 Å². The maximum Gasteiger partial charge on any atom is 0.160 e. The number of hydrogen-bond acceptors (Lipinski definition) is 4. The number of ether oxygens (including phenoxy) is 2. The number of carbonyl (C=O) groups is 1. The van der Waals surface area contributed by atoms with E-state index in [1.165, 1.54) is 7.11 Å². The highest BCUT2D eigenvalue weighted by Gasteiger charge is 2.04. The van der Waals surface area contributed by atoms with Gasteiger partial charge in [-0.2, -0.15) is 0 Å². The van der Waals surface area contributed by atoms with Crippen molar-refractivity contribution >= 4 is 27.8 Å².